The van der Waals surface area contributed by atoms with E-state index in [-0.39, 0.29) is 18.4 Å². The molecule has 0 fully saturated rings. The first-order valence-corrected chi connectivity index (χ1v) is 6.20. The van der Waals surface area contributed by atoms with Crippen LogP contribution in [0.4, 0.5) is 18.0 Å². The van der Waals surface area contributed by atoms with Crippen LogP contribution in [-0.4, -0.2) is 32.3 Å². The van der Waals surface area contributed by atoms with Gasteiger partial charge in [0.2, 0.25) is 5.96 Å². The van der Waals surface area contributed by atoms with Gasteiger partial charge < -0.3 is 10.1 Å². The molecule has 21 heavy (non-hydrogen) atoms. The van der Waals surface area contributed by atoms with Crippen molar-refractivity contribution in [1.82, 2.24) is 10.6 Å². The summed E-state index contributed by atoms with van der Waals surface area (Å²) >= 11 is 0. The number of nitrogens with one attached hydrogen (secondary N) is 2. The number of benzene rings is 1. The second kappa shape index (κ2) is 6.02. The molecule has 5 nitrogen and oxygen atoms in total. The molecule has 0 saturated carbocycles. The van der Waals surface area contributed by atoms with Crippen molar-refractivity contribution in [1.29, 1.82) is 0 Å². The molecule has 2 rings (SSSR count). The minimum Gasteiger partial charge on any atom is -0.453 e. The minimum absolute atomic E-state index is 0.185. The first-order chi connectivity index (χ1) is 9.90. The van der Waals surface area contributed by atoms with Crippen LogP contribution in [0.1, 0.15) is 17.0 Å². The van der Waals surface area contributed by atoms with Crippen molar-refractivity contribution in [2.45, 2.75) is 12.1 Å². The fraction of sp³-hybridized carbons (Fsp3) is 0.385. The summed E-state index contributed by atoms with van der Waals surface area (Å²) in [4.78, 5) is 15.1. The molecule has 1 heterocycles. The average Bonchev–Trinajstić information content (AvgIpc) is 2.47. The SMILES string of the molecule is COC(=O)NC1=NCC(c2cccc(C(F)(F)F)c2)CN1. The standard InChI is InChI=1S/C13H14F3N3O2/c1-21-12(20)19-11-17-6-9(7-18-11)8-3-2-4-10(5-8)13(14,15)16/h2-5,9H,6-7H2,1H3,(H2,17,18,19,20). The highest BCUT2D eigenvalue weighted by Crippen LogP contribution is 2.31. The summed E-state index contributed by atoms with van der Waals surface area (Å²) in [6, 6.07) is 5.17. The van der Waals surface area contributed by atoms with Crippen LogP contribution >= 0.6 is 0 Å². The molecule has 0 aromatic heterocycles. The summed E-state index contributed by atoms with van der Waals surface area (Å²) in [5.41, 5.74) is -0.124. The Morgan fingerprint density at radius 2 is 2.24 bits per heavy atom. The quantitative estimate of drug-likeness (QED) is 0.835. The van der Waals surface area contributed by atoms with Gasteiger partial charge in [-0.25, -0.2) is 4.79 Å². The number of guanidine groups is 1. The summed E-state index contributed by atoms with van der Waals surface area (Å²) in [6.07, 6.45) is -5.02. The number of ether oxygens (including phenoxy) is 1. The van der Waals surface area contributed by atoms with E-state index >= 15 is 0 Å². The van der Waals surface area contributed by atoms with Crippen LogP contribution in [0.25, 0.3) is 0 Å². The molecule has 2 N–H and O–H groups in total. The lowest BCUT2D eigenvalue weighted by atomic mass is 9.96. The fourth-order valence-electron chi connectivity index (χ4n) is 1.97. The zero-order valence-corrected chi connectivity index (χ0v) is 11.2. The molecule has 0 bridgehead atoms. The third-order valence-electron chi connectivity index (χ3n) is 3.08. The van der Waals surface area contributed by atoms with E-state index in [1.165, 1.54) is 13.2 Å². The lowest BCUT2D eigenvalue weighted by molar-refractivity contribution is -0.137. The molecule has 1 aromatic carbocycles. The van der Waals surface area contributed by atoms with E-state index in [9.17, 15) is 18.0 Å². The molecule has 1 atom stereocenters. The number of carbonyl (C=O) groups is 1. The smallest absolute Gasteiger partial charge is 0.416 e. The predicted octanol–water partition coefficient (Wildman–Crippen LogP) is 2.10. The Bertz CT molecular complexity index is 558. The third-order valence-corrected chi connectivity index (χ3v) is 3.08. The molecule has 1 aromatic rings. The van der Waals surface area contributed by atoms with Gasteiger partial charge in [0.1, 0.15) is 0 Å². The van der Waals surface area contributed by atoms with Crippen LogP contribution in [0.5, 0.6) is 0 Å². The van der Waals surface area contributed by atoms with E-state index in [4.69, 9.17) is 0 Å². The van der Waals surface area contributed by atoms with E-state index < -0.39 is 17.8 Å². The Hall–Kier alpha value is -2.25. The largest absolute Gasteiger partial charge is 0.453 e. The van der Waals surface area contributed by atoms with Crippen molar-refractivity contribution < 1.29 is 22.7 Å². The maximum Gasteiger partial charge on any atom is 0.416 e. The van der Waals surface area contributed by atoms with Crippen LogP contribution in [0, 0.1) is 0 Å². The van der Waals surface area contributed by atoms with Gasteiger partial charge in [0.25, 0.3) is 0 Å². The second-order valence-corrected chi connectivity index (χ2v) is 4.51. The highest BCUT2D eigenvalue weighted by atomic mass is 19.4. The van der Waals surface area contributed by atoms with E-state index in [0.29, 0.717) is 12.1 Å². The maximum absolute atomic E-state index is 12.7. The van der Waals surface area contributed by atoms with Crippen LogP contribution in [0.2, 0.25) is 0 Å². The Kier molecular flexibility index (Phi) is 4.35. The van der Waals surface area contributed by atoms with Crippen molar-refractivity contribution in [3.05, 3.63) is 35.4 Å². The minimum atomic E-state index is -4.36. The van der Waals surface area contributed by atoms with Gasteiger partial charge in [-0.15, -0.1) is 0 Å². The number of alkyl carbamates (subject to hydrolysis) is 1. The summed E-state index contributed by atoms with van der Waals surface area (Å²) in [6.45, 7) is 0.664. The van der Waals surface area contributed by atoms with Gasteiger partial charge in [-0.1, -0.05) is 18.2 Å². The molecular formula is C13H14F3N3O2. The van der Waals surface area contributed by atoms with Gasteiger partial charge in [-0.05, 0) is 11.6 Å². The van der Waals surface area contributed by atoms with Crippen LogP contribution in [0.15, 0.2) is 29.3 Å². The number of aliphatic imine (C=N–C) groups is 1. The molecule has 1 amide bonds. The lowest BCUT2D eigenvalue weighted by Crippen LogP contribution is -2.45. The number of hydrogen-bond acceptors (Lipinski definition) is 4. The number of hydrogen-bond donors (Lipinski definition) is 2. The summed E-state index contributed by atoms with van der Waals surface area (Å²) in [5, 5.41) is 5.22. The summed E-state index contributed by atoms with van der Waals surface area (Å²) < 4.78 is 42.4. The van der Waals surface area contributed by atoms with Crippen molar-refractivity contribution in [3.63, 3.8) is 0 Å². The molecule has 1 aliphatic rings. The highest BCUT2D eigenvalue weighted by molar-refractivity contribution is 5.94. The van der Waals surface area contributed by atoms with Crippen molar-refractivity contribution in [2.24, 2.45) is 4.99 Å². The molecule has 114 valence electrons. The number of methoxy groups -OCH3 is 1. The number of rotatable bonds is 1. The topological polar surface area (TPSA) is 62.7 Å². The number of nitrogens with zero attached hydrogens (tertiary/aromatic N) is 1. The number of amides is 1. The zero-order chi connectivity index (χ0) is 15.5. The Balaban J connectivity index is 2.07. The lowest BCUT2D eigenvalue weighted by Gasteiger charge is -2.23. The molecule has 8 heteroatoms. The Morgan fingerprint density at radius 3 is 2.81 bits per heavy atom. The number of halogens is 3. The predicted molar refractivity (Wildman–Crippen MR) is 70.0 cm³/mol. The summed E-state index contributed by atoms with van der Waals surface area (Å²) in [7, 11) is 1.23. The van der Waals surface area contributed by atoms with Crippen molar-refractivity contribution in [3.8, 4) is 0 Å². The van der Waals surface area contributed by atoms with Crippen LogP contribution < -0.4 is 10.6 Å². The Morgan fingerprint density at radius 1 is 1.48 bits per heavy atom. The number of carbonyl (C=O) groups excluding carboxylic acids is 1. The van der Waals surface area contributed by atoms with Gasteiger partial charge in [0, 0.05) is 12.5 Å². The second-order valence-electron chi connectivity index (χ2n) is 4.51. The molecule has 0 spiro atoms. The van der Waals surface area contributed by atoms with Gasteiger partial charge in [-0.2, -0.15) is 13.2 Å². The van der Waals surface area contributed by atoms with E-state index in [2.05, 4.69) is 20.4 Å². The van der Waals surface area contributed by atoms with Gasteiger partial charge >= 0.3 is 12.3 Å². The van der Waals surface area contributed by atoms with Crippen LogP contribution in [0.3, 0.4) is 0 Å². The monoisotopic (exact) mass is 301 g/mol. The average molecular weight is 301 g/mol. The van der Waals surface area contributed by atoms with E-state index in [1.807, 2.05) is 0 Å². The maximum atomic E-state index is 12.7. The van der Waals surface area contributed by atoms with Gasteiger partial charge in [0.15, 0.2) is 0 Å². The first-order valence-electron chi connectivity index (χ1n) is 6.20. The Labute approximate surface area is 119 Å². The molecule has 1 aliphatic heterocycles. The molecular weight excluding hydrogens is 287 g/mol. The zero-order valence-electron chi connectivity index (χ0n) is 11.2. The normalized spacial score (nSPS) is 18.5. The molecule has 1 unspecified atom stereocenters. The van der Waals surface area contributed by atoms with E-state index in [0.717, 1.165) is 12.1 Å². The van der Waals surface area contributed by atoms with Gasteiger partial charge in [-0.3, -0.25) is 10.3 Å². The van der Waals surface area contributed by atoms with E-state index in [1.54, 1.807) is 6.07 Å². The molecule has 0 aliphatic carbocycles. The molecule has 0 radical (unpaired) electrons. The van der Waals surface area contributed by atoms with Crippen LogP contribution in [-0.2, 0) is 10.9 Å². The number of alkyl halides is 3. The van der Waals surface area contributed by atoms with Crippen molar-refractivity contribution in [2.75, 3.05) is 20.2 Å². The molecule has 0 saturated heterocycles. The summed E-state index contributed by atoms with van der Waals surface area (Å²) in [5.74, 6) is 0.0700. The first kappa shape index (κ1) is 15.1. The highest BCUT2D eigenvalue weighted by Gasteiger charge is 2.31. The third kappa shape index (κ3) is 3.87. The fourth-order valence-corrected chi connectivity index (χ4v) is 1.97. The van der Waals surface area contributed by atoms with Gasteiger partial charge in [0.05, 0.1) is 19.2 Å². The van der Waals surface area contributed by atoms with Crippen molar-refractivity contribution >= 4 is 12.1 Å².